The number of carbonyl (C=O) groups is 1. The van der Waals surface area contributed by atoms with Crippen molar-refractivity contribution in [3.8, 4) is 22.8 Å². The van der Waals surface area contributed by atoms with E-state index in [-0.39, 0.29) is 18.5 Å². The van der Waals surface area contributed by atoms with Crippen LogP contribution in [0.4, 0.5) is 11.6 Å². The van der Waals surface area contributed by atoms with Gasteiger partial charge in [0.2, 0.25) is 11.8 Å². The molecule has 238 valence electrons. The number of ether oxygens (including phenoxy) is 4. The van der Waals surface area contributed by atoms with Crippen molar-refractivity contribution in [1.82, 2.24) is 24.8 Å². The number of hydrogen-bond donors (Lipinski definition) is 2. The van der Waals surface area contributed by atoms with Gasteiger partial charge in [-0.25, -0.2) is 4.98 Å². The number of aromatic nitrogens is 4. The number of benzene rings is 2. The van der Waals surface area contributed by atoms with Gasteiger partial charge in [-0.1, -0.05) is 25.7 Å². The second-order valence-corrected chi connectivity index (χ2v) is 17.4. The largest absolute Gasteiger partial charge is 0.495 e. The molecule has 0 bridgehead atoms. The Bertz CT molecular complexity index is 1810. The standard InChI is InChI=1S/C32H40N6O6Si/c1-20-34-25-10-8-21(16-27(25)44-20)23-18-38(19-42-14-15-45(5,6)7)29-28(23)31(43-13-12-40-3)37-32(36-29)35-24-11-9-22(30(39)33-2)17-26(24)41-4/h8-11,16-18H,12-15,19H2,1-7H3,(H,33,39)(H,35,36,37). The molecule has 5 aromatic rings. The molecular formula is C32H40N6O6Si. The third-order valence-corrected chi connectivity index (χ3v) is 8.88. The van der Waals surface area contributed by atoms with Crippen molar-refractivity contribution in [3.05, 3.63) is 54.0 Å². The zero-order chi connectivity index (χ0) is 32.1. The van der Waals surface area contributed by atoms with Crippen LogP contribution in [0.25, 0.3) is 33.3 Å². The first kappa shape index (κ1) is 31.9. The lowest BCUT2D eigenvalue weighted by Gasteiger charge is -2.16. The Hall–Kier alpha value is -4.46. The van der Waals surface area contributed by atoms with E-state index in [0.717, 1.165) is 28.1 Å². The summed E-state index contributed by atoms with van der Waals surface area (Å²) in [6.07, 6.45) is 2.00. The summed E-state index contributed by atoms with van der Waals surface area (Å²) in [6, 6.07) is 12.0. The highest BCUT2D eigenvalue weighted by atomic mass is 28.3. The van der Waals surface area contributed by atoms with Gasteiger partial charge in [-0.15, -0.1) is 0 Å². The molecule has 0 atom stereocenters. The molecule has 0 saturated heterocycles. The van der Waals surface area contributed by atoms with Crippen molar-refractivity contribution < 1.29 is 28.2 Å². The lowest BCUT2D eigenvalue weighted by molar-refractivity contribution is 0.0899. The van der Waals surface area contributed by atoms with Gasteiger partial charge in [-0.2, -0.15) is 9.97 Å². The van der Waals surface area contributed by atoms with Crippen molar-refractivity contribution in [2.45, 2.75) is 39.3 Å². The fraction of sp³-hybridized carbons (Fsp3) is 0.375. The molecule has 5 rings (SSSR count). The van der Waals surface area contributed by atoms with E-state index in [1.165, 1.54) is 0 Å². The van der Waals surface area contributed by atoms with Crippen LogP contribution in [0.5, 0.6) is 11.6 Å². The third-order valence-electron chi connectivity index (χ3n) is 7.18. The smallest absolute Gasteiger partial charge is 0.251 e. The maximum absolute atomic E-state index is 12.2. The van der Waals surface area contributed by atoms with Crippen molar-refractivity contribution >= 4 is 47.7 Å². The summed E-state index contributed by atoms with van der Waals surface area (Å²) in [6.45, 7) is 10.4. The van der Waals surface area contributed by atoms with Crippen molar-refractivity contribution in [2.24, 2.45) is 0 Å². The third kappa shape index (κ3) is 7.44. The van der Waals surface area contributed by atoms with E-state index >= 15 is 0 Å². The van der Waals surface area contributed by atoms with Crippen LogP contribution in [0.1, 0.15) is 16.2 Å². The zero-order valence-electron chi connectivity index (χ0n) is 26.8. The van der Waals surface area contributed by atoms with Crippen molar-refractivity contribution in [1.29, 1.82) is 0 Å². The van der Waals surface area contributed by atoms with Gasteiger partial charge in [0.05, 0.1) is 24.8 Å². The molecule has 3 heterocycles. The SMILES string of the molecule is CNC(=O)c1ccc(Nc2nc(OCCOC)c3c(-c4ccc5nc(C)oc5c4)cn(COCC[Si](C)(C)C)c3n2)c(OC)c1. The molecular weight excluding hydrogens is 592 g/mol. The second kappa shape index (κ2) is 13.7. The molecule has 0 unspecified atom stereocenters. The minimum Gasteiger partial charge on any atom is -0.495 e. The van der Waals surface area contributed by atoms with Crippen LogP contribution in [0, 0.1) is 6.92 Å². The summed E-state index contributed by atoms with van der Waals surface area (Å²) in [4.78, 5) is 26.4. The lowest BCUT2D eigenvalue weighted by atomic mass is 10.1. The first-order valence-corrected chi connectivity index (χ1v) is 18.5. The van der Waals surface area contributed by atoms with E-state index in [9.17, 15) is 4.79 Å². The Labute approximate surface area is 263 Å². The molecule has 1 amide bonds. The molecule has 12 nitrogen and oxygen atoms in total. The maximum Gasteiger partial charge on any atom is 0.251 e. The molecule has 3 aromatic heterocycles. The van der Waals surface area contributed by atoms with Crippen molar-refractivity contribution in [3.63, 3.8) is 0 Å². The van der Waals surface area contributed by atoms with Crippen LogP contribution in [-0.2, 0) is 16.2 Å². The normalized spacial score (nSPS) is 11.7. The molecule has 13 heteroatoms. The van der Waals surface area contributed by atoms with E-state index < -0.39 is 8.07 Å². The van der Waals surface area contributed by atoms with Gasteiger partial charge in [-0.3, -0.25) is 4.79 Å². The summed E-state index contributed by atoms with van der Waals surface area (Å²) >= 11 is 0. The summed E-state index contributed by atoms with van der Waals surface area (Å²) in [5, 5.41) is 6.61. The number of hydrogen-bond acceptors (Lipinski definition) is 10. The number of oxazole rings is 1. The highest BCUT2D eigenvalue weighted by Crippen LogP contribution is 2.38. The average Bonchev–Trinajstić information content (AvgIpc) is 3.57. The van der Waals surface area contributed by atoms with Crippen molar-refractivity contribution in [2.75, 3.05) is 46.4 Å². The van der Waals surface area contributed by atoms with Gasteiger partial charge in [0.1, 0.15) is 24.6 Å². The number of aryl methyl sites for hydroxylation is 1. The monoisotopic (exact) mass is 632 g/mol. The van der Waals surface area contributed by atoms with Gasteiger partial charge in [0.15, 0.2) is 17.1 Å². The molecule has 0 aliphatic carbocycles. The summed E-state index contributed by atoms with van der Waals surface area (Å²) in [5.41, 5.74) is 4.91. The summed E-state index contributed by atoms with van der Waals surface area (Å²) in [7, 11) is 3.46. The number of rotatable bonds is 14. The predicted octanol–water partition coefficient (Wildman–Crippen LogP) is 6.00. The molecule has 2 aromatic carbocycles. The first-order valence-electron chi connectivity index (χ1n) is 14.7. The number of methoxy groups -OCH3 is 2. The predicted molar refractivity (Wildman–Crippen MR) is 176 cm³/mol. The quantitative estimate of drug-likeness (QED) is 0.111. The van der Waals surface area contributed by atoms with Gasteiger partial charge >= 0.3 is 0 Å². The van der Waals surface area contributed by atoms with E-state index in [1.54, 1.807) is 39.5 Å². The Morgan fingerprint density at radius 2 is 1.84 bits per heavy atom. The minimum atomic E-state index is -1.28. The molecule has 2 N–H and O–H groups in total. The van der Waals surface area contributed by atoms with Gasteiger partial charge in [0, 0.05) is 53.1 Å². The van der Waals surface area contributed by atoms with Crippen LogP contribution in [0.3, 0.4) is 0 Å². The Morgan fingerprint density at radius 3 is 2.58 bits per heavy atom. The number of amides is 1. The van der Waals surface area contributed by atoms with E-state index in [4.69, 9.17) is 33.3 Å². The molecule has 45 heavy (non-hydrogen) atoms. The van der Waals surface area contributed by atoms with Crippen LogP contribution < -0.4 is 20.1 Å². The molecule has 0 aliphatic rings. The summed E-state index contributed by atoms with van der Waals surface area (Å²) < 4.78 is 31.0. The highest BCUT2D eigenvalue weighted by Gasteiger charge is 2.22. The zero-order valence-corrected chi connectivity index (χ0v) is 27.8. The number of nitrogens with zero attached hydrogens (tertiary/aromatic N) is 4. The maximum atomic E-state index is 12.2. The lowest BCUT2D eigenvalue weighted by Crippen LogP contribution is -2.22. The molecule has 0 fully saturated rings. The van der Waals surface area contributed by atoms with Crippen LogP contribution in [0.15, 0.2) is 47.0 Å². The highest BCUT2D eigenvalue weighted by molar-refractivity contribution is 6.76. The first-order chi connectivity index (χ1) is 21.6. The Balaban J connectivity index is 1.62. The van der Waals surface area contributed by atoms with Crippen LogP contribution in [0.2, 0.25) is 25.7 Å². The molecule has 0 aliphatic heterocycles. The Kier molecular flexibility index (Phi) is 9.70. The van der Waals surface area contributed by atoms with Gasteiger partial charge in [0.25, 0.3) is 5.91 Å². The Morgan fingerprint density at radius 1 is 1.02 bits per heavy atom. The minimum absolute atomic E-state index is 0.218. The van der Waals surface area contributed by atoms with Gasteiger partial charge in [-0.05, 0) is 41.9 Å². The van der Waals surface area contributed by atoms with Crippen LogP contribution >= 0.6 is 0 Å². The fourth-order valence-electron chi connectivity index (χ4n) is 4.80. The summed E-state index contributed by atoms with van der Waals surface area (Å²) in [5.74, 6) is 1.51. The van der Waals surface area contributed by atoms with E-state index in [1.807, 2.05) is 35.9 Å². The van der Waals surface area contributed by atoms with Gasteiger partial charge < -0.3 is 38.6 Å². The molecule has 0 radical (unpaired) electrons. The van der Waals surface area contributed by atoms with E-state index in [0.29, 0.717) is 59.9 Å². The van der Waals surface area contributed by atoms with Crippen LogP contribution in [-0.4, -0.2) is 74.6 Å². The molecule has 0 spiro atoms. The number of anilines is 2. The topological polar surface area (TPSA) is 135 Å². The average molecular weight is 633 g/mol. The second-order valence-electron chi connectivity index (χ2n) is 11.8. The fourth-order valence-corrected chi connectivity index (χ4v) is 5.56. The number of fused-ring (bicyclic) bond motifs is 2. The van der Waals surface area contributed by atoms with E-state index in [2.05, 4.69) is 35.3 Å². The number of carbonyl (C=O) groups excluding carboxylic acids is 1. The number of nitrogens with one attached hydrogen (secondary N) is 2. The molecule has 0 saturated carbocycles.